The molecule has 134 valence electrons. The lowest BCUT2D eigenvalue weighted by molar-refractivity contribution is -0.885. The fourth-order valence-electron chi connectivity index (χ4n) is 2.46. The number of amides is 1. The summed E-state index contributed by atoms with van der Waals surface area (Å²) < 4.78 is 37.6. The van der Waals surface area contributed by atoms with Gasteiger partial charge < -0.3 is 19.7 Å². The maximum Gasteiger partial charge on any atom is 0.279 e. The number of ether oxygens (including phenoxy) is 2. The number of quaternary nitrogens is 1. The van der Waals surface area contributed by atoms with Crippen molar-refractivity contribution in [3.63, 3.8) is 0 Å². The number of carbonyl (C=O) groups is 1. The van der Waals surface area contributed by atoms with Crippen molar-refractivity contribution >= 4 is 11.6 Å². The molecule has 7 heteroatoms. The van der Waals surface area contributed by atoms with Crippen LogP contribution in [0.2, 0.25) is 0 Å². The lowest BCUT2D eigenvalue weighted by atomic mass is 10.2. The van der Waals surface area contributed by atoms with Crippen LogP contribution < -0.4 is 19.7 Å². The van der Waals surface area contributed by atoms with Gasteiger partial charge in [-0.1, -0.05) is 6.07 Å². The number of methoxy groups -OCH3 is 2. The molecule has 2 N–H and O–H groups in total. The minimum atomic E-state index is -0.803. The molecule has 2 aromatic carbocycles. The first-order valence-corrected chi connectivity index (χ1v) is 7.70. The number of hydrogen-bond acceptors (Lipinski definition) is 3. The molecule has 0 aliphatic rings. The minimum absolute atomic E-state index is 0.0446. The molecule has 5 nitrogen and oxygen atoms in total. The van der Waals surface area contributed by atoms with Crippen molar-refractivity contribution in [2.45, 2.75) is 6.54 Å². The van der Waals surface area contributed by atoms with E-state index >= 15 is 0 Å². The zero-order chi connectivity index (χ0) is 18.4. The van der Waals surface area contributed by atoms with E-state index in [1.54, 1.807) is 33.4 Å². The molecule has 1 unspecified atom stereocenters. The Bertz CT molecular complexity index is 733. The van der Waals surface area contributed by atoms with Crippen molar-refractivity contribution in [2.24, 2.45) is 0 Å². The smallest absolute Gasteiger partial charge is 0.279 e. The summed E-state index contributed by atoms with van der Waals surface area (Å²) in [6.45, 7) is 0.545. The third-order valence-electron chi connectivity index (χ3n) is 3.68. The molecule has 0 bridgehead atoms. The van der Waals surface area contributed by atoms with Gasteiger partial charge in [-0.15, -0.1) is 0 Å². The topological polar surface area (TPSA) is 52.0 Å². The summed E-state index contributed by atoms with van der Waals surface area (Å²) in [6, 6.07) is 8.86. The number of halogens is 2. The van der Waals surface area contributed by atoms with Gasteiger partial charge >= 0.3 is 0 Å². The molecular formula is C18H21F2N2O3+. The highest BCUT2D eigenvalue weighted by Crippen LogP contribution is 2.23. The van der Waals surface area contributed by atoms with Crippen molar-refractivity contribution in [1.82, 2.24) is 0 Å². The van der Waals surface area contributed by atoms with E-state index < -0.39 is 23.2 Å². The second kappa shape index (κ2) is 8.43. The van der Waals surface area contributed by atoms with E-state index in [0.29, 0.717) is 18.0 Å². The number of nitrogens with one attached hydrogen (secondary N) is 2. The summed E-state index contributed by atoms with van der Waals surface area (Å²) in [7, 11) is 4.93. The van der Waals surface area contributed by atoms with Gasteiger partial charge in [-0.05, 0) is 24.3 Å². The standard InChI is InChI=1S/C18H20F2N2O3/c1-22(10-12-7-8-13(24-2)9-16(12)25-3)11-17(23)21-18-14(19)5-4-6-15(18)20/h4-9H,10-11H2,1-3H3,(H,21,23)/p+1. The zero-order valence-corrected chi connectivity index (χ0v) is 14.4. The van der Waals surface area contributed by atoms with E-state index in [2.05, 4.69) is 5.32 Å². The first-order chi connectivity index (χ1) is 11.9. The van der Waals surface area contributed by atoms with E-state index in [-0.39, 0.29) is 6.54 Å². The molecule has 1 atom stereocenters. The van der Waals surface area contributed by atoms with Crippen LogP contribution in [0.3, 0.4) is 0 Å². The number of hydrogen-bond donors (Lipinski definition) is 2. The summed E-state index contributed by atoms with van der Waals surface area (Å²) in [5.74, 6) is -0.759. The molecule has 1 amide bonds. The number of likely N-dealkylation sites (N-methyl/N-ethyl adjacent to an activating group) is 1. The van der Waals surface area contributed by atoms with Gasteiger partial charge in [-0.25, -0.2) is 8.78 Å². The predicted octanol–water partition coefficient (Wildman–Crippen LogP) is 1.64. The van der Waals surface area contributed by atoms with Crippen molar-refractivity contribution in [3.8, 4) is 11.5 Å². The lowest BCUT2D eigenvalue weighted by Gasteiger charge is -2.16. The Morgan fingerprint density at radius 3 is 2.40 bits per heavy atom. The average Bonchev–Trinajstić information content (AvgIpc) is 2.58. The van der Waals surface area contributed by atoms with Gasteiger partial charge in [-0.3, -0.25) is 4.79 Å². The third-order valence-corrected chi connectivity index (χ3v) is 3.68. The first-order valence-electron chi connectivity index (χ1n) is 7.70. The molecule has 0 fully saturated rings. The fourth-order valence-corrected chi connectivity index (χ4v) is 2.46. The number of benzene rings is 2. The Labute approximate surface area is 145 Å². The van der Waals surface area contributed by atoms with Crippen LogP contribution in [0.15, 0.2) is 36.4 Å². The fraction of sp³-hybridized carbons (Fsp3) is 0.278. The number of carbonyl (C=O) groups excluding carboxylic acids is 1. The molecule has 0 aliphatic carbocycles. The van der Waals surface area contributed by atoms with Crippen LogP contribution in [0.1, 0.15) is 5.56 Å². The Morgan fingerprint density at radius 2 is 1.80 bits per heavy atom. The van der Waals surface area contributed by atoms with Gasteiger partial charge in [0.25, 0.3) is 5.91 Å². The Balaban J connectivity index is 2.00. The van der Waals surface area contributed by atoms with E-state index in [9.17, 15) is 13.6 Å². The molecule has 2 aromatic rings. The highest BCUT2D eigenvalue weighted by atomic mass is 19.1. The van der Waals surface area contributed by atoms with E-state index in [0.717, 1.165) is 22.6 Å². The summed E-state index contributed by atoms with van der Waals surface area (Å²) in [4.78, 5) is 12.9. The monoisotopic (exact) mass is 351 g/mol. The van der Waals surface area contributed by atoms with Gasteiger partial charge in [0.15, 0.2) is 6.54 Å². The molecule has 0 spiro atoms. The number of rotatable bonds is 7. The largest absolute Gasteiger partial charge is 0.497 e. The first kappa shape index (κ1) is 18.7. The van der Waals surface area contributed by atoms with Gasteiger partial charge in [0.1, 0.15) is 35.4 Å². The summed E-state index contributed by atoms with van der Waals surface area (Å²) >= 11 is 0. The van der Waals surface area contributed by atoms with Gasteiger partial charge in [-0.2, -0.15) is 0 Å². The van der Waals surface area contributed by atoms with Gasteiger partial charge in [0, 0.05) is 11.6 Å². The van der Waals surface area contributed by atoms with Crippen LogP contribution in [0, 0.1) is 11.6 Å². The molecule has 0 saturated carbocycles. The summed E-state index contributed by atoms with van der Waals surface area (Å²) in [5.41, 5.74) is 0.466. The van der Waals surface area contributed by atoms with Crippen molar-refractivity contribution < 1.29 is 27.9 Å². The highest BCUT2D eigenvalue weighted by molar-refractivity contribution is 5.91. The maximum absolute atomic E-state index is 13.6. The quantitative estimate of drug-likeness (QED) is 0.797. The molecule has 0 heterocycles. The molecule has 0 aliphatic heterocycles. The van der Waals surface area contributed by atoms with Crippen LogP contribution in [-0.4, -0.2) is 33.7 Å². The summed E-state index contributed by atoms with van der Waals surface area (Å²) in [6.07, 6.45) is 0. The van der Waals surface area contributed by atoms with Crippen molar-refractivity contribution in [3.05, 3.63) is 53.6 Å². The predicted molar refractivity (Wildman–Crippen MR) is 90.0 cm³/mol. The Kier molecular flexibility index (Phi) is 6.30. The highest BCUT2D eigenvalue weighted by Gasteiger charge is 2.17. The number of para-hydroxylation sites is 1. The third kappa shape index (κ3) is 4.90. The van der Waals surface area contributed by atoms with Crippen LogP contribution in [0.5, 0.6) is 11.5 Å². The minimum Gasteiger partial charge on any atom is -0.497 e. The van der Waals surface area contributed by atoms with E-state index in [1.807, 2.05) is 6.07 Å². The second-order valence-corrected chi connectivity index (χ2v) is 5.63. The molecular weight excluding hydrogens is 330 g/mol. The van der Waals surface area contributed by atoms with Crippen LogP contribution in [-0.2, 0) is 11.3 Å². The van der Waals surface area contributed by atoms with Gasteiger partial charge in [0.05, 0.1) is 21.3 Å². The molecule has 0 aromatic heterocycles. The number of anilines is 1. The van der Waals surface area contributed by atoms with Crippen LogP contribution in [0.4, 0.5) is 14.5 Å². The van der Waals surface area contributed by atoms with E-state index in [4.69, 9.17) is 9.47 Å². The van der Waals surface area contributed by atoms with Crippen LogP contribution in [0.25, 0.3) is 0 Å². The summed E-state index contributed by atoms with van der Waals surface area (Å²) in [5, 5.41) is 2.28. The lowest BCUT2D eigenvalue weighted by Crippen LogP contribution is -3.08. The Morgan fingerprint density at radius 1 is 1.12 bits per heavy atom. The molecule has 0 radical (unpaired) electrons. The molecule has 2 rings (SSSR count). The van der Waals surface area contributed by atoms with Gasteiger partial charge in [0.2, 0.25) is 0 Å². The zero-order valence-electron chi connectivity index (χ0n) is 14.4. The van der Waals surface area contributed by atoms with Crippen LogP contribution >= 0.6 is 0 Å². The molecule has 0 saturated heterocycles. The normalized spacial score (nSPS) is 11.7. The van der Waals surface area contributed by atoms with Crippen molar-refractivity contribution in [1.29, 1.82) is 0 Å². The van der Waals surface area contributed by atoms with E-state index in [1.165, 1.54) is 6.07 Å². The maximum atomic E-state index is 13.6. The molecule has 25 heavy (non-hydrogen) atoms. The second-order valence-electron chi connectivity index (χ2n) is 5.63. The SMILES string of the molecule is COc1ccc(C[NH+](C)CC(=O)Nc2c(F)cccc2F)c(OC)c1. The average molecular weight is 351 g/mol. The Hall–Kier alpha value is -2.67. The van der Waals surface area contributed by atoms with Crippen molar-refractivity contribution in [2.75, 3.05) is 33.1 Å².